The Bertz CT molecular complexity index is 456. The topological polar surface area (TPSA) is 15.3 Å². The van der Waals surface area contributed by atoms with Crippen LogP contribution in [0.15, 0.2) is 18.2 Å². The minimum atomic E-state index is -0.107. The lowest BCUT2D eigenvalue weighted by atomic mass is 10.0. The van der Waals surface area contributed by atoms with E-state index in [1.807, 2.05) is 26.1 Å². The summed E-state index contributed by atoms with van der Waals surface area (Å²) in [5, 5.41) is 4.74. The van der Waals surface area contributed by atoms with Crippen molar-refractivity contribution in [1.29, 1.82) is 0 Å². The average molecular weight is 310 g/mol. The van der Waals surface area contributed by atoms with Gasteiger partial charge in [0.2, 0.25) is 0 Å². The lowest BCUT2D eigenvalue weighted by Crippen LogP contribution is -2.41. The van der Waals surface area contributed by atoms with Crippen LogP contribution in [0.4, 0.5) is 4.39 Å². The second kappa shape index (κ2) is 7.61. The molecule has 2 rings (SSSR count). The molecule has 3 atom stereocenters. The van der Waals surface area contributed by atoms with Crippen molar-refractivity contribution in [3.05, 3.63) is 35.1 Å². The lowest BCUT2D eigenvalue weighted by Gasteiger charge is -2.35. The third-order valence-electron chi connectivity index (χ3n) is 4.18. The van der Waals surface area contributed by atoms with Crippen LogP contribution in [0.5, 0.6) is 0 Å². The van der Waals surface area contributed by atoms with Gasteiger partial charge in [0.05, 0.1) is 0 Å². The van der Waals surface area contributed by atoms with Crippen molar-refractivity contribution in [2.75, 3.05) is 26.7 Å². The summed E-state index contributed by atoms with van der Waals surface area (Å²) in [6.07, 6.45) is 1.02. The fourth-order valence-electron chi connectivity index (χ4n) is 3.08. The minimum absolute atomic E-state index is 0.107. The molecule has 1 aromatic rings. The molecular weight excluding hydrogens is 283 g/mol. The number of nitrogens with zero attached hydrogens (tertiary/aromatic N) is 1. The Labute approximate surface area is 132 Å². The first-order valence-electron chi connectivity index (χ1n) is 7.80. The van der Waals surface area contributed by atoms with E-state index in [1.165, 1.54) is 0 Å². The number of nitrogens with one attached hydrogen (secondary N) is 1. The van der Waals surface area contributed by atoms with Gasteiger partial charge in [-0.1, -0.05) is 26.0 Å². The van der Waals surface area contributed by atoms with Crippen molar-refractivity contribution in [1.82, 2.24) is 10.2 Å². The highest BCUT2D eigenvalue weighted by Crippen LogP contribution is 2.26. The summed E-state index contributed by atoms with van der Waals surface area (Å²) < 4.78 is 13.7. The second-order valence-electron chi connectivity index (χ2n) is 6.16. The molecule has 0 radical (unpaired) electrons. The summed E-state index contributed by atoms with van der Waals surface area (Å²) >= 11 is 2.08. The van der Waals surface area contributed by atoms with Crippen LogP contribution < -0.4 is 5.32 Å². The molecule has 0 saturated carbocycles. The second-order valence-corrected chi connectivity index (χ2v) is 8.04. The lowest BCUT2D eigenvalue weighted by molar-refractivity contribution is 0.256. The molecule has 2 nitrogen and oxygen atoms in total. The number of halogens is 1. The van der Waals surface area contributed by atoms with E-state index in [4.69, 9.17) is 0 Å². The molecule has 1 aromatic carbocycles. The Morgan fingerprint density at radius 2 is 2.00 bits per heavy atom. The van der Waals surface area contributed by atoms with E-state index in [-0.39, 0.29) is 11.9 Å². The zero-order valence-electron chi connectivity index (χ0n) is 13.5. The van der Waals surface area contributed by atoms with Gasteiger partial charge in [-0.15, -0.1) is 0 Å². The first-order valence-corrected chi connectivity index (χ1v) is 8.75. The zero-order chi connectivity index (χ0) is 15.4. The Morgan fingerprint density at radius 1 is 1.33 bits per heavy atom. The van der Waals surface area contributed by atoms with Crippen molar-refractivity contribution in [2.45, 2.75) is 43.7 Å². The van der Waals surface area contributed by atoms with E-state index in [9.17, 15) is 4.39 Å². The highest BCUT2D eigenvalue weighted by Gasteiger charge is 2.22. The number of rotatable bonds is 5. The largest absolute Gasteiger partial charge is 0.313 e. The van der Waals surface area contributed by atoms with Gasteiger partial charge in [0.1, 0.15) is 5.82 Å². The van der Waals surface area contributed by atoms with E-state index in [0.29, 0.717) is 16.1 Å². The molecule has 21 heavy (non-hydrogen) atoms. The van der Waals surface area contributed by atoms with Crippen molar-refractivity contribution in [2.24, 2.45) is 0 Å². The fourth-order valence-corrected chi connectivity index (χ4v) is 4.47. The summed E-state index contributed by atoms with van der Waals surface area (Å²) in [5.41, 5.74) is 1.76. The highest BCUT2D eigenvalue weighted by molar-refractivity contribution is 8.00. The van der Waals surface area contributed by atoms with E-state index in [2.05, 4.69) is 35.8 Å². The number of aryl methyl sites for hydroxylation is 1. The first kappa shape index (κ1) is 16.8. The van der Waals surface area contributed by atoms with E-state index < -0.39 is 0 Å². The van der Waals surface area contributed by atoms with Gasteiger partial charge in [-0.2, -0.15) is 11.8 Å². The predicted octanol–water partition coefficient (Wildman–Crippen LogP) is 3.61. The molecule has 4 heteroatoms. The Kier molecular flexibility index (Phi) is 6.08. The van der Waals surface area contributed by atoms with Crippen LogP contribution in [0.25, 0.3) is 0 Å². The van der Waals surface area contributed by atoms with Gasteiger partial charge in [0, 0.05) is 36.2 Å². The SMILES string of the molecule is CNC(CCN1CC(C)SC(C)C1)c1ccc(C)c(F)c1. The molecule has 1 heterocycles. The van der Waals surface area contributed by atoms with Crippen LogP contribution in [0.3, 0.4) is 0 Å². The third-order valence-corrected chi connectivity index (χ3v) is 5.40. The minimum Gasteiger partial charge on any atom is -0.313 e. The number of benzene rings is 1. The Balaban J connectivity index is 1.94. The van der Waals surface area contributed by atoms with E-state index in [1.54, 1.807) is 6.07 Å². The molecular formula is C17H27FN2S. The first-order chi connectivity index (χ1) is 9.99. The molecule has 0 bridgehead atoms. The van der Waals surface area contributed by atoms with Gasteiger partial charge in [0.25, 0.3) is 0 Å². The number of hydrogen-bond donors (Lipinski definition) is 1. The van der Waals surface area contributed by atoms with Gasteiger partial charge in [-0.3, -0.25) is 0 Å². The van der Waals surface area contributed by atoms with Gasteiger partial charge in [0.15, 0.2) is 0 Å². The van der Waals surface area contributed by atoms with E-state index in [0.717, 1.165) is 31.6 Å². The molecule has 3 unspecified atom stereocenters. The van der Waals surface area contributed by atoms with Crippen molar-refractivity contribution in [3.8, 4) is 0 Å². The zero-order valence-corrected chi connectivity index (χ0v) is 14.3. The van der Waals surface area contributed by atoms with Crippen LogP contribution in [-0.4, -0.2) is 42.1 Å². The van der Waals surface area contributed by atoms with Crippen LogP contribution in [0, 0.1) is 12.7 Å². The normalized spacial score (nSPS) is 25.0. The molecule has 1 N–H and O–H groups in total. The summed E-state index contributed by atoms with van der Waals surface area (Å²) in [6.45, 7) is 9.80. The molecule has 1 aliphatic heterocycles. The average Bonchev–Trinajstić information content (AvgIpc) is 2.42. The van der Waals surface area contributed by atoms with Gasteiger partial charge < -0.3 is 10.2 Å². The maximum Gasteiger partial charge on any atom is 0.126 e. The summed E-state index contributed by atoms with van der Waals surface area (Å²) in [4.78, 5) is 2.54. The standard InChI is InChI=1S/C17H27FN2S/c1-12-5-6-15(9-16(12)18)17(19-4)7-8-20-10-13(2)21-14(3)11-20/h5-6,9,13-14,17,19H,7-8,10-11H2,1-4H3. The van der Waals surface area contributed by atoms with Gasteiger partial charge in [-0.05, 0) is 37.6 Å². The van der Waals surface area contributed by atoms with Gasteiger partial charge >= 0.3 is 0 Å². The number of thioether (sulfide) groups is 1. The molecule has 1 aliphatic rings. The molecule has 0 aliphatic carbocycles. The van der Waals surface area contributed by atoms with Crippen LogP contribution in [0.2, 0.25) is 0 Å². The van der Waals surface area contributed by atoms with Crippen molar-refractivity contribution >= 4 is 11.8 Å². The molecule has 0 spiro atoms. The Hall–Kier alpha value is -0.580. The maximum atomic E-state index is 13.7. The molecule has 1 saturated heterocycles. The Morgan fingerprint density at radius 3 is 2.57 bits per heavy atom. The summed E-state index contributed by atoms with van der Waals surface area (Å²) in [6, 6.07) is 5.81. The van der Waals surface area contributed by atoms with E-state index >= 15 is 0 Å². The monoisotopic (exact) mass is 310 g/mol. The van der Waals surface area contributed by atoms with Crippen molar-refractivity contribution in [3.63, 3.8) is 0 Å². The number of hydrogen-bond acceptors (Lipinski definition) is 3. The fraction of sp³-hybridized carbons (Fsp3) is 0.647. The molecule has 0 aromatic heterocycles. The predicted molar refractivity (Wildman–Crippen MR) is 90.5 cm³/mol. The third kappa shape index (κ3) is 4.70. The van der Waals surface area contributed by atoms with Crippen LogP contribution in [0.1, 0.15) is 37.4 Å². The summed E-state index contributed by atoms with van der Waals surface area (Å²) in [5.74, 6) is -0.107. The van der Waals surface area contributed by atoms with Gasteiger partial charge in [-0.25, -0.2) is 4.39 Å². The molecule has 1 fully saturated rings. The van der Waals surface area contributed by atoms with Crippen molar-refractivity contribution < 1.29 is 4.39 Å². The van der Waals surface area contributed by atoms with Crippen LogP contribution >= 0.6 is 11.8 Å². The molecule has 0 amide bonds. The molecule has 118 valence electrons. The highest BCUT2D eigenvalue weighted by atomic mass is 32.2. The summed E-state index contributed by atoms with van der Waals surface area (Å²) in [7, 11) is 1.96. The smallest absolute Gasteiger partial charge is 0.126 e. The van der Waals surface area contributed by atoms with Crippen LogP contribution in [-0.2, 0) is 0 Å². The maximum absolute atomic E-state index is 13.7. The quantitative estimate of drug-likeness (QED) is 0.894.